The number of aliphatic imine (C=N–C) groups is 1. The van der Waals surface area contributed by atoms with E-state index in [0.717, 1.165) is 16.5 Å². The minimum Gasteiger partial charge on any atom is -0.497 e. The number of benzene rings is 1. The predicted molar refractivity (Wildman–Crippen MR) is 110 cm³/mol. The number of ether oxygens (including phenoxy) is 1. The molecule has 0 aliphatic carbocycles. The van der Waals surface area contributed by atoms with E-state index in [-0.39, 0.29) is 18.5 Å². The topological polar surface area (TPSA) is 104 Å². The van der Waals surface area contributed by atoms with E-state index in [2.05, 4.69) is 25.3 Å². The zero-order valence-corrected chi connectivity index (χ0v) is 17.1. The summed E-state index contributed by atoms with van der Waals surface area (Å²) in [5, 5.41) is 5.26. The fourth-order valence-corrected chi connectivity index (χ4v) is 2.96. The van der Waals surface area contributed by atoms with Crippen LogP contribution in [-0.2, 0) is 11.2 Å². The van der Waals surface area contributed by atoms with E-state index in [9.17, 15) is 18.0 Å². The van der Waals surface area contributed by atoms with Crippen LogP contribution >= 0.6 is 0 Å². The number of nitrogens with one attached hydrogen (secondary N) is 3. The lowest BCUT2D eigenvalue weighted by Gasteiger charge is -2.12. The number of aromatic nitrogens is 3. The van der Waals surface area contributed by atoms with Crippen molar-refractivity contribution in [2.24, 2.45) is 4.99 Å². The van der Waals surface area contributed by atoms with E-state index in [1.54, 1.807) is 38.5 Å². The van der Waals surface area contributed by atoms with Gasteiger partial charge in [-0.2, -0.15) is 13.2 Å². The Hall–Kier alpha value is -3.63. The number of amides is 1. The molecule has 0 unspecified atom stereocenters. The first-order chi connectivity index (χ1) is 14.7. The van der Waals surface area contributed by atoms with Crippen molar-refractivity contribution in [2.75, 3.05) is 19.0 Å². The van der Waals surface area contributed by atoms with Gasteiger partial charge in [0, 0.05) is 41.1 Å². The Morgan fingerprint density at radius 1 is 1.19 bits per heavy atom. The van der Waals surface area contributed by atoms with Crippen molar-refractivity contribution in [1.29, 1.82) is 0 Å². The Morgan fingerprint density at radius 2 is 1.90 bits per heavy atom. The summed E-state index contributed by atoms with van der Waals surface area (Å²) in [6.07, 6.45) is -2.83. The second-order valence-corrected chi connectivity index (χ2v) is 6.76. The highest BCUT2D eigenvalue weighted by atomic mass is 19.4. The Morgan fingerprint density at radius 3 is 2.55 bits per heavy atom. The summed E-state index contributed by atoms with van der Waals surface area (Å²) < 4.78 is 43.3. The van der Waals surface area contributed by atoms with Crippen LogP contribution in [0.5, 0.6) is 5.75 Å². The van der Waals surface area contributed by atoms with Crippen LogP contribution in [0.2, 0.25) is 0 Å². The number of alkyl halides is 3. The number of anilines is 1. The number of methoxy groups -OCH3 is 1. The number of fused-ring (bicyclic) bond motifs is 1. The quantitative estimate of drug-likeness (QED) is 0.422. The third-order valence-corrected chi connectivity index (χ3v) is 4.33. The largest absolute Gasteiger partial charge is 0.497 e. The Kier molecular flexibility index (Phi) is 6.42. The molecule has 0 saturated carbocycles. The Labute approximate surface area is 176 Å². The highest BCUT2D eigenvalue weighted by Gasteiger charge is 2.39. The molecule has 8 nitrogen and oxygen atoms in total. The number of halogens is 3. The Bertz CT molecular complexity index is 1100. The van der Waals surface area contributed by atoms with Gasteiger partial charge in [0.2, 0.25) is 11.9 Å². The van der Waals surface area contributed by atoms with E-state index in [4.69, 9.17) is 4.74 Å². The highest BCUT2D eigenvalue weighted by molar-refractivity contribution is 6.05. The van der Waals surface area contributed by atoms with Crippen LogP contribution in [0.25, 0.3) is 10.9 Å². The first kappa shape index (κ1) is 22.1. The molecular weight excluding hydrogens is 413 g/mol. The van der Waals surface area contributed by atoms with E-state index in [0.29, 0.717) is 23.6 Å². The second-order valence-electron chi connectivity index (χ2n) is 6.76. The maximum atomic E-state index is 12.7. The average Bonchev–Trinajstić information content (AvgIpc) is 3.08. The third-order valence-electron chi connectivity index (χ3n) is 4.33. The smallest absolute Gasteiger partial charge is 0.471 e. The van der Waals surface area contributed by atoms with Gasteiger partial charge >= 0.3 is 12.1 Å². The van der Waals surface area contributed by atoms with E-state index >= 15 is 0 Å². The molecule has 1 aromatic carbocycles. The maximum absolute atomic E-state index is 12.7. The van der Waals surface area contributed by atoms with Crippen LogP contribution in [0.3, 0.4) is 0 Å². The number of nitrogens with zero attached hydrogens (tertiary/aromatic N) is 3. The van der Waals surface area contributed by atoms with Crippen LogP contribution in [0.4, 0.5) is 19.1 Å². The molecule has 0 bridgehead atoms. The second kappa shape index (κ2) is 9.02. The number of H-pyrrole nitrogens is 1. The number of guanidine groups is 1. The highest BCUT2D eigenvalue weighted by Crippen LogP contribution is 2.23. The van der Waals surface area contributed by atoms with E-state index < -0.39 is 12.1 Å². The molecule has 2 aromatic heterocycles. The van der Waals surface area contributed by atoms with Gasteiger partial charge in [-0.15, -0.1) is 0 Å². The number of hydrogen-bond acceptors (Lipinski definition) is 5. The van der Waals surface area contributed by atoms with E-state index in [1.807, 2.05) is 18.2 Å². The normalized spacial score (nSPS) is 12.1. The SMILES string of the molecule is COc1ccc2c(CCN=C(NC(=O)C(F)(F)F)Nc3nc(C)cc(C)n3)c[nH]c2c1. The molecule has 0 aliphatic heterocycles. The zero-order valence-electron chi connectivity index (χ0n) is 17.1. The summed E-state index contributed by atoms with van der Waals surface area (Å²) >= 11 is 0. The van der Waals surface area contributed by atoms with Crippen molar-refractivity contribution in [2.45, 2.75) is 26.4 Å². The number of carbonyl (C=O) groups is 1. The lowest BCUT2D eigenvalue weighted by atomic mass is 10.1. The van der Waals surface area contributed by atoms with Gasteiger partial charge in [0.15, 0.2) is 0 Å². The number of rotatable bonds is 5. The molecule has 3 N–H and O–H groups in total. The number of aromatic amines is 1. The lowest BCUT2D eigenvalue weighted by molar-refractivity contribution is -0.171. The summed E-state index contributed by atoms with van der Waals surface area (Å²) in [5.74, 6) is -1.78. The fraction of sp³-hybridized carbons (Fsp3) is 0.300. The molecule has 3 aromatic rings. The van der Waals surface area contributed by atoms with Gasteiger partial charge in [-0.05, 0) is 44.0 Å². The summed E-state index contributed by atoms with van der Waals surface area (Å²) in [7, 11) is 1.57. The maximum Gasteiger partial charge on any atom is 0.471 e. The van der Waals surface area contributed by atoms with Crippen LogP contribution in [0.15, 0.2) is 35.5 Å². The molecule has 0 saturated heterocycles. The molecule has 31 heavy (non-hydrogen) atoms. The Balaban J connectivity index is 1.78. The first-order valence-electron chi connectivity index (χ1n) is 9.31. The van der Waals surface area contributed by atoms with Crippen molar-refractivity contribution < 1.29 is 22.7 Å². The van der Waals surface area contributed by atoms with Gasteiger partial charge in [0.1, 0.15) is 5.75 Å². The molecule has 0 aliphatic rings. The number of hydrogen-bond donors (Lipinski definition) is 3. The minimum atomic E-state index is -5.05. The predicted octanol–water partition coefficient (Wildman–Crippen LogP) is 3.27. The zero-order chi connectivity index (χ0) is 22.6. The fourth-order valence-electron chi connectivity index (χ4n) is 2.96. The van der Waals surface area contributed by atoms with Crippen molar-refractivity contribution >= 4 is 28.7 Å². The monoisotopic (exact) mass is 434 g/mol. The van der Waals surface area contributed by atoms with Crippen LogP contribution in [-0.4, -0.2) is 46.6 Å². The average molecular weight is 434 g/mol. The van der Waals surface area contributed by atoms with Crippen LogP contribution < -0.4 is 15.4 Å². The molecular formula is C20H21F3N6O2. The number of carbonyl (C=O) groups excluding carboxylic acids is 1. The standard InChI is InChI=1S/C20H21F3N6O2/c1-11-8-12(2)27-19(26-11)29-18(28-17(30)20(21,22)23)24-7-6-13-10-25-16-9-14(31-3)4-5-15(13)16/h4-5,8-10,25H,6-7H2,1-3H3,(H2,24,26,27,28,29,30). The van der Waals surface area contributed by atoms with Gasteiger partial charge < -0.3 is 9.72 Å². The summed E-state index contributed by atoms with van der Waals surface area (Å²) in [4.78, 5) is 26.8. The minimum absolute atomic E-state index is 0.0397. The molecule has 164 valence electrons. The van der Waals surface area contributed by atoms with Gasteiger partial charge in [0.25, 0.3) is 0 Å². The van der Waals surface area contributed by atoms with Crippen molar-refractivity contribution in [3.8, 4) is 5.75 Å². The van der Waals surface area contributed by atoms with Crippen molar-refractivity contribution in [1.82, 2.24) is 20.3 Å². The van der Waals surface area contributed by atoms with Crippen molar-refractivity contribution in [3.63, 3.8) is 0 Å². The van der Waals surface area contributed by atoms with Gasteiger partial charge in [0.05, 0.1) is 7.11 Å². The van der Waals surface area contributed by atoms with Crippen LogP contribution in [0.1, 0.15) is 17.0 Å². The molecule has 0 radical (unpaired) electrons. The molecule has 2 heterocycles. The summed E-state index contributed by atoms with van der Waals surface area (Å²) in [6.45, 7) is 3.55. The van der Waals surface area contributed by atoms with Gasteiger partial charge in [-0.1, -0.05) is 0 Å². The van der Waals surface area contributed by atoms with Crippen LogP contribution in [0, 0.1) is 13.8 Å². The lowest BCUT2D eigenvalue weighted by Crippen LogP contribution is -2.44. The summed E-state index contributed by atoms with van der Waals surface area (Å²) in [5.41, 5.74) is 3.02. The molecule has 11 heteroatoms. The first-order valence-corrected chi connectivity index (χ1v) is 9.31. The summed E-state index contributed by atoms with van der Waals surface area (Å²) in [6, 6.07) is 7.26. The van der Waals surface area contributed by atoms with Gasteiger partial charge in [-0.3, -0.25) is 20.4 Å². The third kappa shape index (κ3) is 5.71. The molecule has 0 spiro atoms. The molecule has 3 rings (SSSR count). The number of aryl methyl sites for hydroxylation is 2. The molecule has 0 fully saturated rings. The van der Waals surface area contributed by atoms with Gasteiger partial charge in [-0.25, -0.2) is 9.97 Å². The van der Waals surface area contributed by atoms with E-state index in [1.165, 1.54) is 0 Å². The molecule has 0 atom stereocenters. The van der Waals surface area contributed by atoms with Crippen molar-refractivity contribution in [3.05, 3.63) is 47.4 Å². The molecule has 1 amide bonds.